The second kappa shape index (κ2) is 4.14. The van der Waals surface area contributed by atoms with Crippen molar-refractivity contribution in [2.45, 2.75) is 24.6 Å². The molecular formula is C10H20N2O2. The lowest BCUT2D eigenvalue weighted by molar-refractivity contribution is 0.0914. The summed E-state index contributed by atoms with van der Waals surface area (Å²) >= 11 is 0. The van der Waals surface area contributed by atoms with Gasteiger partial charge in [0.1, 0.15) is 0 Å². The second-order valence-corrected chi connectivity index (χ2v) is 4.57. The zero-order chi connectivity index (χ0) is 10.1. The van der Waals surface area contributed by atoms with E-state index in [0.29, 0.717) is 19.3 Å². The molecule has 2 saturated heterocycles. The van der Waals surface area contributed by atoms with Crippen LogP contribution >= 0.6 is 0 Å². The summed E-state index contributed by atoms with van der Waals surface area (Å²) < 4.78 is 5.27. The molecule has 82 valence electrons. The molecule has 4 heteroatoms. The van der Waals surface area contributed by atoms with Gasteiger partial charge >= 0.3 is 0 Å². The van der Waals surface area contributed by atoms with E-state index in [0.717, 1.165) is 13.1 Å². The fourth-order valence-corrected chi connectivity index (χ4v) is 2.37. The van der Waals surface area contributed by atoms with Gasteiger partial charge in [-0.1, -0.05) is 0 Å². The largest absolute Gasteiger partial charge is 0.389 e. The summed E-state index contributed by atoms with van der Waals surface area (Å²) in [5.74, 6) is 0. The van der Waals surface area contributed by atoms with E-state index in [1.807, 2.05) is 0 Å². The second-order valence-electron chi connectivity index (χ2n) is 4.57. The SMILES string of the molecule is CN(C)C1CCN(C2COCC2O)C1. The van der Waals surface area contributed by atoms with Gasteiger partial charge in [-0.2, -0.15) is 0 Å². The van der Waals surface area contributed by atoms with E-state index in [1.54, 1.807) is 0 Å². The van der Waals surface area contributed by atoms with E-state index in [4.69, 9.17) is 4.74 Å². The van der Waals surface area contributed by atoms with Crippen LogP contribution < -0.4 is 0 Å². The Labute approximate surface area is 85.4 Å². The van der Waals surface area contributed by atoms with Crippen LogP contribution in [0.4, 0.5) is 0 Å². The topological polar surface area (TPSA) is 35.9 Å². The molecule has 0 radical (unpaired) electrons. The van der Waals surface area contributed by atoms with E-state index in [9.17, 15) is 5.11 Å². The number of rotatable bonds is 2. The first-order valence-electron chi connectivity index (χ1n) is 5.35. The molecule has 1 N–H and O–H groups in total. The summed E-state index contributed by atoms with van der Waals surface area (Å²) in [7, 11) is 4.24. The van der Waals surface area contributed by atoms with Crippen molar-refractivity contribution in [2.24, 2.45) is 0 Å². The number of aliphatic hydroxyl groups is 1. The highest BCUT2D eigenvalue weighted by Crippen LogP contribution is 2.21. The smallest absolute Gasteiger partial charge is 0.0950 e. The fourth-order valence-electron chi connectivity index (χ4n) is 2.37. The first-order valence-corrected chi connectivity index (χ1v) is 5.35. The van der Waals surface area contributed by atoms with Crippen LogP contribution in [-0.4, -0.2) is 73.5 Å². The van der Waals surface area contributed by atoms with Crippen molar-refractivity contribution < 1.29 is 9.84 Å². The van der Waals surface area contributed by atoms with Crippen molar-refractivity contribution in [3.63, 3.8) is 0 Å². The quantitative estimate of drug-likeness (QED) is 0.644. The molecule has 2 rings (SSSR count). The molecule has 0 saturated carbocycles. The Balaban J connectivity index is 1.88. The molecule has 4 nitrogen and oxygen atoms in total. The molecule has 2 heterocycles. The van der Waals surface area contributed by atoms with Crippen LogP contribution in [-0.2, 0) is 4.74 Å². The zero-order valence-electron chi connectivity index (χ0n) is 9.02. The minimum absolute atomic E-state index is 0.236. The number of nitrogens with zero attached hydrogens (tertiary/aromatic N) is 2. The Morgan fingerprint density at radius 3 is 2.64 bits per heavy atom. The Kier molecular flexibility index (Phi) is 3.07. The molecule has 2 aliphatic rings. The van der Waals surface area contributed by atoms with Crippen LogP contribution in [0.2, 0.25) is 0 Å². The van der Waals surface area contributed by atoms with Gasteiger partial charge in [-0.15, -0.1) is 0 Å². The van der Waals surface area contributed by atoms with E-state index in [1.165, 1.54) is 6.42 Å². The molecule has 0 aromatic carbocycles. The van der Waals surface area contributed by atoms with Gasteiger partial charge in [-0.25, -0.2) is 0 Å². The Hall–Kier alpha value is -0.160. The summed E-state index contributed by atoms with van der Waals surface area (Å²) in [5, 5.41) is 9.69. The van der Waals surface area contributed by atoms with Crippen LogP contribution in [0.25, 0.3) is 0 Å². The molecule has 0 aromatic rings. The van der Waals surface area contributed by atoms with Crippen molar-refractivity contribution >= 4 is 0 Å². The van der Waals surface area contributed by atoms with E-state index < -0.39 is 0 Å². The van der Waals surface area contributed by atoms with Crippen molar-refractivity contribution in [1.82, 2.24) is 9.80 Å². The average Bonchev–Trinajstić information content (AvgIpc) is 2.71. The van der Waals surface area contributed by atoms with Gasteiger partial charge in [0.15, 0.2) is 0 Å². The number of aliphatic hydroxyl groups excluding tert-OH is 1. The Morgan fingerprint density at radius 2 is 2.14 bits per heavy atom. The summed E-state index contributed by atoms with van der Waals surface area (Å²) in [4.78, 5) is 4.63. The number of likely N-dealkylation sites (tertiary alicyclic amines) is 1. The predicted molar refractivity (Wildman–Crippen MR) is 54.3 cm³/mol. The monoisotopic (exact) mass is 200 g/mol. The Morgan fingerprint density at radius 1 is 1.36 bits per heavy atom. The average molecular weight is 200 g/mol. The molecule has 0 bridgehead atoms. The van der Waals surface area contributed by atoms with E-state index in [-0.39, 0.29) is 12.1 Å². The van der Waals surface area contributed by atoms with Crippen LogP contribution in [0.5, 0.6) is 0 Å². The number of ether oxygens (including phenoxy) is 1. The first-order chi connectivity index (χ1) is 6.68. The van der Waals surface area contributed by atoms with Gasteiger partial charge in [0, 0.05) is 19.1 Å². The third-order valence-corrected chi connectivity index (χ3v) is 3.42. The first kappa shape index (κ1) is 10.4. The lowest BCUT2D eigenvalue weighted by Crippen LogP contribution is -2.43. The lowest BCUT2D eigenvalue weighted by Gasteiger charge is -2.26. The lowest BCUT2D eigenvalue weighted by atomic mass is 10.2. The maximum atomic E-state index is 9.69. The maximum absolute atomic E-state index is 9.69. The Bertz CT molecular complexity index is 199. The molecule has 3 atom stereocenters. The van der Waals surface area contributed by atoms with Crippen molar-refractivity contribution in [3.8, 4) is 0 Å². The van der Waals surface area contributed by atoms with Gasteiger partial charge in [-0.05, 0) is 20.5 Å². The highest BCUT2D eigenvalue weighted by atomic mass is 16.5. The molecular weight excluding hydrogens is 180 g/mol. The van der Waals surface area contributed by atoms with Gasteiger partial charge in [0.2, 0.25) is 0 Å². The number of likely N-dealkylation sites (N-methyl/N-ethyl adjacent to an activating group) is 1. The van der Waals surface area contributed by atoms with Gasteiger partial charge in [0.25, 0.3) is 0 Å². The number of hydrogen-bond acceptors (Lipinski definition) is 4. The van der Waals surface area contributed by atoms with Crippen molar-refractivity contribution in [2.75, 3.05) is 40.4 Å². The molecule has 0 aliphatic carbocycles. The van der Waals surface area contributed by atoms with Crippen LogP contribution in [0.3, 0.4) is 0 Å². The maximum Gasteiger partial charge on any atom is 0.0950 e. The molecule has 0 spiro atoms. The molecule has 2 fully saturated rings. The molecule has 0 aromatic heterocycles. The highest BCUT2D eigenvalue weighted by Gasteiger charge is 2.36. The molecule has 14 heavy (non-hydrogen) atoms. The molecule has 3 unspecified atom stereocenters. The summed E-state index contributed by atoms with van der Waals surface area (Å²) in [6, 6.07) is 0.878. The van der Waals surface area contributed by atoms with Crippen LogP contribution in [0.1, 0.15) is 6.42 Å². The predicted octanol–water partition coefficient (Wildman–Crippen LogP) is -0.618. The van der Waals surface area contributed by atoms with E-state index >= 15 is 0 Å². The van der Waals surface area contributed by atoms with Crippen LogP contribution in [0, 0.1) is 0 Å². The normalized spacial score (nSPS) is 39.9. The summed E-state index contributed by atoms with van der Waals surface area (Å²) in [5.41, 5.74) is 0. The summed E-state index contributed by atoms with van der Waals surface area (Å²) in [6.45, 7) is 3.36. The minimum Gasteiger partial charge on any atom is -0.389 e. The van der Waals surface area contributed by atoms with Gasteiger partial charge in [-0.3, -0.25) is 4.90 Å². The number of hydrogen-bond donors (Lipinski definition) is 1. The third kappa shape index (κ3) is 1.93. The third-order valence-electron chi connectivity index (χ3n) is 3.42. The van der Waals surface area contributed by atoms with Gasteiger partial charge < -0.3 is 14.7 Å². The summed E-state index contributed by atoms with van der Waals surface area (Å²) in [6.07, 6.45) is 0.923. The fraction of sp³-hybridized carbons (Fsp3) is 1.00. The van der Waals surface area contributed by atoms with Crippen molar-refractivity contribution in [1.29, 1.82) is 0 Å². The van der Waals surface area contributed by atoms with Crippen LogP contribution in [0.15, 0.2) is 0 Å². The molecule has 2 aliphatic heterocycles. The van der Waals surface area contributed by atoms with Crippen molar-refractivity contribution in [3.05, 3.63) is 0 Å². The molecule has 0 amide bonds. The standard InChI is InChI=1S/C10H20N2O2/c1-11(2)8-3-4-12(5-8)9-6-14-7-10(9)13/h8-10,13H,3-7H2,1-2H3. The van der Waals surface area contributed by atoms with Gasteiger partial charge in [0.05, 0.1) is 25.4 Å². The minimum atomic E-state index is -0.282. The van der Waals surface area contributed by atoms with E-state index in [2.05, 4.69) is 23.9 Å². The highest BCUT2D eigenvalue weighted by molar-refractivity contribution is 4.90. The zero-order valence-corrected chi connectivity index (χ0v) is 9.02.